The summed E-state index contributed by atoms with van der Waals surface area (Å²) in [6.07, 6.45) is 3.98. The van der Waals surface area contributed by atoms with E-state index in [4.69, 9.17) is 17.3 Å². The Morgan fingerprint density at radius 3 is 2.64 bits per heavy atom. The fourth-order valence-corrected chi connectivity index (χ4v) is 2.40. The van der Waals surface area contributed by atoms with Crippen molar-refractivity contribution in [3.63, 3.8) is 0 Å². The second-order valence-electron chi connectivity index (χ2n) is 4.81. The largest absolute Gasteiger partial charge is 0.368 e. The molecule has 0 saturated carbocycles. The lowest BCUT2D eigenvalue weighted by molar-refractivity contribution is 0.739. The van der Waals surface area contributed by atoms with Gasteiger partial charge in [0.2, 0.25) is 5.95 Å². The molecule has 7 nitrogen and oxygen atoms in total. The van der Waals surface area contributed by atoms with Crippen LogP contribution in [0.1, 0.15) is 17.1 Å². The molecule has 3 rings (SSSR count). The Hall–Kier alpha value is -2.54. The Balaban J connectivity index is 2.10. The summed E-state index contributed by atoms with van der Waals surface area (Å²) >= 11 is 5.97. The predicted molar refractivity (Wildman–Crippen MR) is 83.2 cm³/mol. The van der Waals surface area contributed by atoms with Crippen LogP contribution in [0.2, 0.25) is 5.15 Å². The third kappa shape index (κ3) is 2.75. The maximum absolute atomic E-state index is 5.97. The molecule has 0 unspecified atom stereocenters. The van der Waals surface area contributed by atoms with E-state index in [-0.39, 0.29) is 11.1 Å². The SMILES string of the molecule is Cc1c(Cc2ncccn2)c(-c2cc(Cl)nc(N)n2)nn1C. The van der Waals surface area contributed by atoms with Crippen molar-refractivity contribution >= 4 is 17.5 Å². The van der Waals surface area contributed by atoms with Crippen LogP contribution in [0.4, 0.5) is 5.95 Å². The number of hydrogen-bond donors (Lipinski definition) is 1. The maximum atomic E-state index is 5.97. The van der Waals surface area contributed by atoms with Crippen molar-refractivity contribution in [1.82, 2.24) is 29.7 Å². The monoisotopic (exact) mass is 315 g/mol. The number of aromatic nitrogens is 6. The number of hydrogen-bond acceptors (Lipinski definition) is 6. The molecule has 0 aromatic carbocycles. The first-order valence-electron chi connectivity index (χ1n) is 6.63. The van der Waals surface area contributed by atoms with E-state index >= 15 is 0 Å². The lowest BCUT2D eigenvalue weighted by atomic mass is 10.1. The average molecular weight is 316 g/mol. The molecule has 3 heterocycles. The van der Waals surface area contributed by atoms with Gasteiger partial charge in [0.1, 0.15) is 16.7 Å². The maximum Gasteiger partial charge on any atom is 0.222 e. The number of nitrogens with two attached hydrogens (primary N) is 1. The Labute approximate surface area is 132 Å². The second kappa shape index (κ2) is 5.69. The van der Waals surface area contributed by atoms with Gasteiger partial charge in [0.25, 0.3) is 0 Å². The van der Waals surface area contributed by atoms with E-state index in [2.05, 4.69) is 25.0 Å². The molecular formula is C14H14ClN7. The van der Waals surface area contributed by atoms with Gasteiger partial charge in [0.15, 0.2) is 0 Å². The molecule has 0 radical (unpaired) electrons. The number of halogens is 1. The van der Waals surface area contributed by atoms with Crippen LogP contribution in [0.3, 0.4) is 0 Å². The van der Waals surface area contributed by atoms with Gasteiger partial charge in [-0.3, -0.25) is 4.68 Å². The first kappa shape index (κ1) is 14.4. The summed E-state index contributed by atoms with van der Waals surface area (Å²) in [5.74, 6) is 0.834. The Bertz CT molecular complexity index is 793. The van der Waals surface area contributed by atoms with Crippen LogP contribution < -0.4 is 5.73 Å². The molecule has 0 aliphatic carbocycles. The van der Waals surface area contributed by atoms with Crippen LogP contribution >= 0.6 is 11.6 Å². The van der Waals surface area contributed by atoms with Crippen molar-refractivity contribution in [1.29, 1.82) is 0 Å². The number of aryl methyl sites for hydroxylation is 1. The summed E-state index contributed by atoms with van der Waals surface area (Å²) in [7, 11) is 1.88. The highest BCUT2D eigenvalue weighted by Gasteiger charge is 2.18. The van der Waals surface area contributed by atoms with E-state index in [1.165, 1.54) is 0 Å². The van der Waals surface area contributed by atoms with Crippen molar-refractivity contribution in [2.24, 2.45) is 7.05 Å². The molecule has 0 atom stereocenters. The van der Waals surface area contributed by atoms with E-state index in [9.17, 15) is 0 Å². The molecule has 112 valence electrons. The summed E-state index contributed by atoms with van der Waals surface area (Å²) in [6, 6.07) is 3.43. The molecule has 0 spiro atoms. The molecule has 0 fully saturated rings. The number of rotatable bonds is 3. The van der Waals surface area contributed by atoms with E-state index < -0.39 is 0 Å². The number of anilines is 1. The zero-order valence-electron chi connectivity index (χ0n) is 12.2. The molecular weight excluding hydrogens is 302 g/mol. The first-order valence-corrected chi connectivity index (χ1v) is 7.01. The lowest BCUT2D eigenvalue weighted by Crippen LogP contribution is -2.00. The van der Waals surface area contributed by atoms with Crippen molar-refractivity contribution in [2.45, 2.75) is 13.3 Å². The standard InChI is InChI=1S/C14H14ClN7/c1-8-9(6-12-17-4-3-5-18-12)13(21-22(8)2)10-7-11(15)20-14(16)19-10/h3-5,7H,6H2,1-2H3,(H2,16,19,20). The topological polar surface area (TPSA) is 95.4 Å². The van der Waals surface area contributed by atoms with Crippen molar-refractivity contribution < 1.29 is 0 Å². The fraction of sp³-hybridized carbons (Fsp3) is 0.214. The minimum atomic E-state index is 0.118. The molecule has 0 aliphatic heterocycles. The first-order chi connectivity index (χ1) is 10.5. The highest BCUT2D eigenvalue weighted by Crippen LogP contribution is 2.26. The normalized spacial score (nSPS) is 10.9. The Morgan fingerprint density at radius 2 is 1.95 bits per heavy atom. The van der Waals surface area contributed by atoms with Crippen molar-refractivity contribution in [3.8, 4) is 11.4 Å². The number of nitrogen functional groups attached to an aromatic ring is 1. The van der Waals surface area contributed by atoms with Crippen molar-refractivity contribution in [2.75, 3.05) is 5.73 Å². The molecule has 0 bridgehead atoms. The van der Waals surface area contributed by atoms with Gasteiger partial charge < -0.3 is 5.73 Å². The lowest BCUT2D eigenvalue weighted by Gasteiger charge is -2.04. The van der Waals surface area contributed by atoms with E-state index in [0.717, 1.165) is 11.3 Å². The second-order valence-corrected chi connectivity index (χ2v) is 5.20. The quantitative estimate of drug-likeness (QED) is 0.740. The van der Waals surface area contributed by atoms with Gasteiger partial charge in [-0.05, 0) is 13.0 Å². The van der Waals surface area contributed by atoms with Gasteiger partial charge in [-0.1, -0.05) is 11.6 Å². The Morgan fingerprint density at radius 1 is 1.23 bits per heavy atom. The summed E-state index contributed by atoms with van der Waals surface area (Å²) in [6.45, 7) is 1.99. The summed E-state index contributed by atoms with van der Waals surface area (Å²) in [5.41, 5.74) is 8.98. The molecule has 8 heteroatoms. The van der Waals surface area contributed by atoms with E-state index in [1.54, 1.807) is 29.2 Å². The average Bonchev–Trinajstić information content (AvgIpc) is 2.76. The highest BCUT2D eigenvalue weighted by molar-refractivity contribution is 6.29. The van der Waals surface area contributed by atoms with Gasteiger partial charge in [-0.25, -0.2) is 19.9 Å². The molecule has 0 amide bonds. The van der Waals surface area contributed by atoms with Crippen LogP contribution in [0.15, 0.2) is 24.5 Å². The van der Waals surface area contributed by atoms with Gasteiger partial charge in [-0.15, -0.1) is 0 Å². The van der Waals surface area contributed by atoms with Crippen LogP contribution in [0, 0.1) is 6.92 Å². The van der Waals surface area contributed by atoms with Crippen LogP contribution in [0.5, 0.6) is 0 Å². The molecule has 3 aromatic heterocycles. The molecule has 0 saturated heterocycles. The Kier molecular flexibility index (Phi) is 3.72. The third-order valence-corrected chi connectivity index (χ3v) is 3.56. The molecule has 22 heavy (non-hydrogen) atoms. The third-order valence-electron chi connectivity index (χ3n) is 3.37. The molecule has 2 N–H and O–H groups in total. The summed E-state index contributed by atoms with van der Waals surface area (Å²) < 4.78 is 1.79. The zero-order valence-corrected chi connectivity index (χ0v) is 12.9. The predicted octanol–water partition coefficient (Wildman–Crippen LogP) is 1.80. The van der Waals surface area contributed by atoms with E-state index in [1.807, 2.05) is 14.0 Å². The van der Waals surface area contributed by atoms with Crippen molar-refractivity contribution in [3.05, 3.63) is 46.8 Å². The van der Waals surface area contributed by atoms with Crippen LogP contribution in [-0.2, 0) is 13.5 Å². The molecule has 3 aromatic rings. The smallest absolute Gasteiger partial charge is 0.222 e. The van der Waals surface area contributed by atoms with Gasteiger partial charge in [0.05, 0.1) is 5.69 Å². The highest BCUT2D eigenvalue weighted by atomic mass is 35.5. The van der Waals surface area contributed by atoms with Gasteiger partial charge in [-0.2, -0.15) is 5.10 Å². The van der Waals surface area contributed by atoms with Crippen LogP contribution in [-0.4, -0.2) is 29.7 Å². The summed E-state index contributed by atoms with van der Waals surface area (Å²) in [5, 5.41) is 4.80. The van der Waals surface area contributed by atoms with Gasteiger partial charge >= 0.3 is 0 Å². The van der Waals surface area contributed by atoms with Gasteiger partial charge in [0, 0.05) is 43.2 Å². The van der Waals surface area contributed by atoms with Crippen LogP contribution in [0.25, 0.3) is 11.4 Å². The fourth-order valence-electron chi connectivity index (χ4n) is 2.21. The molecule has 0 aliphatic rings. The summed E-state index contributed by atoms with van der Waals surface area (Å²) in [4.78, 5) is 16.6. The van der Waals surface area contributed by atoms with E-state index in [0.29, 0.717) is 23.6 Å². The number of nitrogens with zero attached hydrogens (tertiary/aromatic N) is 6. The zero-order chi connectivity index (χ0) is 15.7. The minimum absolute atomic E-state index is 0.118. The minimum Gasteiger partial charge on any atom is -0.368 e.